The molecule has 0 radical (unpaired) electrons. The largest absolute Gasteiger partial charge is 0.459 e. The Balaban J connectivity index is 1.63. The van der Waals surface area contributed by atoms with E-state index < -0.39 is 60.9 Å². The average molecular weight is 424 g/mol. The number of allylic oxidation sites excluding steroid dienone is 2. The van der Waals surface area contributed by atoms with Crippen LogP contribution in [-0.2, 0) is 23.8 Å². The summed E-state index contributed by atoms with van der Waals surface area (Å²) < 4.78 is 17.1. The van der Waals surface area contributed by atoms with Crippen LogP contribution in [0.5, 0.6) is 0 Å². The van der Waals surface area contributed by atoms with E-state index in [9.17, 15) is 30.0 Å². The van der Waals surface area contributed by atoms with Crippen molar-refractivity contribution in [1.82, 2.24) is 0 Å². The molecule has 9 nitrogen and oxygen atoms in total. The summed E-state index contributed by atoms with van der Waals surface area (Å²) in [4.78, 5) is 25.4. The molecule has 0 amide bonds. The number of rotatable bonds is 3. The summed E-state index contributed by atoms with van der Waals surface area (Å²) in [5.74, 6) is -1.46. The maximum absolute atomic E-state index is 12.9. The molecule has 2 aliphatic carbocycles. The number of hydrogen-bond acceptors (Lipinski definition) is 9. The number of carbonyl (C=O) groups is 2. The molecule has 0 bridgehead atoms. The molecule has 0 aromatic carbocycles. The lowest BCUT2D eigenvalue weighted by Gasteiger charge is -2.42. The highest BCUT2D eigenvalue weighted by atomic mass is 16.7. The molecule has 9 atom stereocenters. The first-order chi connectivity index (χ1) is 14.1. The molecule has 4 aliphatic rings. The SMILES string of the molecule is CC1=CC(=O)C2=C(C)CCC3C(OC(=O)C3(C)OC3OC(CO)C(O)C(O)C3O)C12. The molecule has 0 aromatic heterocycles. The second-order valence-corrected chi connectivity index (χ2v) is 8.86. The molecule has 4 rings (SSSR count). The predicted octanol–water partition coefficient (Wildman–Crippen LogP) is -0.641. The molecule has 2 heterocycles. The van der Waals surface area contributed by atoms with Gasteiger partial charge in [0.15, 0.2) is 17.7 Å². The minimum absolute atomic E-state index is 0.0600. The Morgan fingerprint density at radius 3 is 2.53 bits per heavy atom. The van der Waals surface area contributed by atoms with Crippen LogP contribution in [0.3, 0.4) is 0 Å². The van der Waals surface area contributed by atoms with Crippen LogP contribution in [0.25, 0.3) is 0 Å². The van der Waals surface area contributed by atoms with Crippen molar-refractivity contribution >= 4 is 11.8 Å². The maximum Gasteiger partial charge on any atom is 0.339 e. The van der Waals surface area contributed by atoms with E-state index in [1.807, 2.05) is 13.8 Å². The lowest BCUT2D eigenvalue weighted by molar-refractivity contribution is -0.324. The van der Waals surface area contributed by atoms with Gasteiger partial charge in [-0.1, -0.05) is 11.1 Å². The smallest absolute Gasteiger partial charge is 0.339 e. The van der Waals surface area contributed by atoms with Crippen LogP contribution in [0.2, 0.25) is 0 Å². The lowest BCUT2D eigenvalue weighted by atomic mass is 9.78. The molecular formula is C21H28O9. The number of carbonyl (C=O) groups excluding carboxylic acids is 2. The fourth-order valence-electron chi connectivity index (χ4n) is 5.23. The van der Waals surface area contributed by atoms with Gasteiger partial charge in [0.1, 0.15) is 30.5 Å². The third-order valence-electron chi connectivity index (χ3n) is 7.01. The number of ketones is 1. The zero-order chi connectivity index (χ0) is 22.0. The summed E-state index contributed by atoms with van der Waals surface area (Å²) in [5, 5.41) is 39.8. The van der Waals surface area contributed by atoms with E-state index in [0.29, 0.717) is 18.4 Å². The van der Waals surface area contributed by atoms with Gasteiger partial charge in [0.05, 0.1) is 6.61 Å². The van der Waals surface area contributed by atoms with Crippen molar-refractivity contribution in [2.45, 2.75) is 76.0 Å². The second kappa shape index (κ2) is 7.51. The van der Waals surface area contributed by atoms with Crippen LogP contribution < -0.4 is 0 Å². The summed E-state index contributed by atoms with van der Waals surface area (Å²) in [6, 6.07) is 0. The second-order valence-electron chi connectivity index (χ2n) is 8.86. The van der Waals surface area contributed by atoms with Gasteiger partial charge < -0.3 is 34.6 Å². The van der Waals surface area contributed by atoms with Crippen LogP contribution in [-0.4, -0.2) is 81.2 Å². The molecule has 2 fully saturated rings. The van der Waals surface area contributed by atoms with Crippen LogP contribution in [0.1, 0.15) is 33.6 Å². The summed E-state index contributed by atoms with van der Waals surface area (Å²) in [5.41, 5.74) is 0.958. The van der Waals surface area contributed by atoms with Gasteiger partial charge in [-0.2, -0.15) is 0 Å². The predicted molar refractivity (Wildman–Crippen MR) is 101 cm³/mol. The van der Waals surface area contributed by atoms with Gasteiger partial charge >= 0.3 is 5.97 Å². The van der Waals surface area contributed by atoms with E-state index >= 15 is 0 Å². The molecule has 2 aliphatic heterocycles. The van der Waals surface area contributed by atoms with Crippen molar-refractivity contribution in [1.29, 1.82) is 0 Å². The highest BCUT2D eigenvalue weighted by Crippen LogP contribution is 2.50. The lowest BCUT2D eigenvalue weighted by Crippen LogP contribution is -2.61. The Hall–Kier alpha value is -1.62. The number of ether oxygens (including phenoxy) is 3. The molecule has 9 heteroatoms. The summed E-state index contributed by atoms with van der Waals surface area (Å²) in [7, 11) is 0. The minimum Gasteiger partial charge on any atom is -0.459 e. The fourth-order valence-corrected chi connectivity index (χ4v) is 5.23. The zero-order valence-corrected chi connectivity index (χ0v) is 17.1. The van der Waals surface area contributed by atoms with Crippen LogP contribution >= 0.6 is 0 Å². The summed E-state index contributed by atoms with van der Waals surface area (Å²) >= 11 is 0. The molecule has 4 N–H and O–H groups in total. The topological polar surface area (TPSA) is 143 Å². The highest BCUT2D eigenvalue weighted by molar-refractivity contribution is 6.09. The number of hydrogen-bond donors (Lipinski definition) is 4. The molecule has 30 heavy (non-hydrogen) atoms. The standard InChI is InChI=1S/C21H28O9/c1-8-4-5-10-18(14-9(2)6-11(23)13(8)14)29-20(27)21(10,3)30-19-17(26)16(25)15(24)12(7-22)28-19/h6,10,12,14-19,22,24-26H,4-5,7H2,1-3H3. The Morgan fingerprint density at radius 1 is 1.17 bits per heavy atom. The van der Waals surface area contributed by atoms with Crippen LogP contribution in [0.15, 0.2) is 22.8 Å². The first-order valence-corrected chi connectivity index (χ1v) is 10.2. The van der Waals surface area contributed by atoms with E-state index in [1.165, 1.54) is 0 Å². The van der Waals surface area contributed by atoms with Gasteiger partial charge in [-0.15, -0.1) is 0 Å². The number of aliphatic hydroxyl groups is 4. The van der Waals surface area contributed by atoms with Crippen molar-refractivity contribution in [3.05, 3.63) is 22.8 Å². The van der Waals surface area contributed by atoms with Gasteiger partial charge in [0.2, 0.25) is 0 Å². The van der Waals surface area contributed by atoms with E-state index in [1.54, 1.807) is 13.0 Å². The van der Waals surface area contributed by atoms with Crippen molar-refractivity contribution in [2.75, 3.05) is 6.61 Å². The zero-order valence-electron chi connectivity index (χ0n) is 17.1. The fraction of sp³-hybridized carbons (Fsp3) is 0.714. The quantitative estimate of drug-likeness (QED) is 0.435. The van der Waals surface area contributed by atoms with Gasteiger partial charge in [-0.25, -0.2) is 4.79 Å². The van der Waals surface area contributed by atoms with Crippen LogP contribution in [0, 0.1) is 11.8 Å². The van der Waals surface area contributed by atoms with Crippen LogP contribution in [0.4, 0.5) is 0 Å². The molecule has 166 valence electrons. The first-order valence-electron chi connectivity index (χ1n) is 10.2. The number of aliphatic hydroxyl groups excluding tert-OH is 4. The summed E-state index contributed by atoms with van der Waals surface area (Å²) in [6.45, 7) is 4.70. The Bertz CT molecular complexity index is 815. The third kappa shape index (κ3) is 3.07. The Kier molecular flexibility index (Phi) is 5.41. The average Bonchev–Trinajstić information content (AvgIpc) is 3.05. The minimum atomic E-state index is -1.62. The van der Waals surface area contributed by atoms with Gasteiger partial charge in [0, 0.05) is 17.4 Å². The van der Waals surface area contributed by atoms with Gasteiger partial charge in [-0.05, 0) is 39.7 Å². The normalized spacial score (nSPS) is 46.3. The van der Waals surface area contributed by atoms with Crippen molar-refractivity contribution in [3.63, 3.8) is 0 Å². The molecule has 0 spiro atoms. The number of esters is 1. The first kappa shape index (κ1) is 21.6. The highest BCUT2D eigenvalue weighted by Gasteiger charge is 2.61. The Labute approximate surface area is 173 Å². The van der Waals surface area contributed by atoms with Gasteiger partial charge in [-0.3, -0.25) is 4.79 Å². The third-order valence-corrected chi connectivity index (χ3v) is 7.01. The van der Waals surface area contributed by atoms with E-state index in [4.69, 9.17) is 14.2 Å². The van der Waals surface area contributed by atoms with E-state index in [-0.39, 0.29) is 11.7 Å². The maximum atomic E-state index is 12.9. The summed E-state index contributed by atoms with van der Waals surface area (Å²) in [6.07, 6.45) is -5.26. The van der Waals surface area contributed by atoms with E-state index in [2.05, 4.69) is 0 Å². The van der Waals surface area contributed by atoms with E-state index in [0.717, 1.165) is 11.1 Å². The van der Waals surface area contributed by atoms with Crippen molar-refractivity contribution < 1.29 is 44.2 Å². The molecule has 2 saturated heterocycles. The van der Waals surface area contributed by atoms with Crippen molar-refractivity contribution in [2.24, 2.45) is 11.8 Å². The Morgan fingerprint density at radius 2 is 1.87 bits per heavy atom. The molecule has 0 aromatic rings. The number of fused-ring (bicyclic) bond motifs is 3. The van der Waals surface area contributed by atoms with Gasteiger partial charge in [0.25, 0.3) is 0 Å². The molecular weight excluding hydrogens is 396 g/mol. The molecule has 9 unspecified atom stereocenters. The van der Waals surface area contributed by atoms with Crippen molar-refractivity contribution in [3.8, 4) is 0 Å². The molecule has 0 saturated carbocycles. The monoisotopic (exact) mass is 424 g/mol.